The molecule has 8 nitrogen and oxygen atoms in total. The predicted molar refractivity (Wildman–Crippen MR) is 127 cm³/mol. The molecule has 180 valence electrons. The van der Waals surface area contributed by atoms with E-state index in [4.69, 9.17) is 0 Å². The Morgan fingerprint density at radius 1 is 0.939 bits per heavy atom. The van der Waals surface area contributed by atoms with Crippen LogP contribution in [0.1, 0.15) is 51.9 Å². The molecule has 1 atom stereocenters. The van der Waals surface area contributed by atoms with Crippen LogP contribution >= 0.6 is 0 Å². The summed E-state index contributed by atoms with van der Waals surface area (Å²) in [6, 6.07) is 4.85. The SMILES string of the molecule is CC1CCN(C(=O)CN2C(=O)[C@H]3CCCCN3c3ccc(S(=O)(=O)N4CCCC4)cc32)CC1. The maximum Gasteiger partial charge on any atom is 0.250 e. The summed E-state index contributed by atoms with van der Waals surface area (Å²) in [4.78, 5) is 32.5. The zero-order valence-corrected chi connectivity index (χ0v) is 20.2. The first kappa shape index (κ1) is 22.7. The summed E-state index contributed by atoms with van der Waals surface area (Å²) in [5.41, 5.74) is 1.41. The number of carbonyl (C=O) groups excluding carboxylic acids is 2. The molecule has 0 aromatic heterocycles. The Bertz CT molecular complexity index is 1030. The lowest BCUT2D eigenvalue weighted by Crippen LogP contribution is -2.57. The van der Waals surface area contributed by atoms with Gasteiger partial charge in [-0.15, -0.1) is 0 Å². The van der Waals surface area contributed by atoms with Gasteiger partial charge < -0.3 is 9.80 Å². The van der Waals surface area contributed by atoms with E-state index >= 15 is 0 Å². The molecule has 4 aliphatic heterocycles. The molecule has 0 unspecified atom stereocenters. The number of amides is 2. The Balaban J connectivity index is 1.49. The smallest absolute Gasteiger partial charge is 0.250 e. The largest absolute Gasteiger partial charge is 0.358 e. The molecule has 4 aliphatic rings. The van der Waals surface area contributed by atoms with Gasteiger partial charge in [-0.3, -0.25) is 14.5 Å². The van der Waals surface area contributed by atoms with Gasteiger partial charge in [-0.1, -0.05) is 6.92 Å². The Morgan fingerprint density at radius 3 is 2.36 bits per heavy atom. The molecular weight excluding hydrogens is 440 g/mol. The predicted octanol–water partition coefficient (Wildman–Crippen LogP) is 2.44. The standard InChI is InChI=1S/C24H34N4O4S/c1-18-9-14-25(15-10-18)23(29)17-28-22-16-19(33(31,32)26-11-4-5-12-26)7-8-20(22)27-13-3-2-6-21(27)24(28)30/h7-8,16,18,21H,2-6,9-15,17H2,1H3/t21-/m1/s1. The number of fused-ring (bicyclic) bond motifs is 3. The monoisotopic (exact) mass is 474 g/mol. The van der Waals surface area contributed by atoms with Crippen LogP contribution in [0.25, 0.3) is 0 Å². The van der Waals surface area contributed by atoms with Gasteiger partial charge in [0.25, 0.3) is 0 Å². The van der Waals surface area contributed by atoms with Crippen molar-refractivity contribution in [3.63, 3.8) is 0 Å². The molecule has 5 rings (SSSR count). The maximum atomic E-state index is 13.6. The van der Waals surface area contributed by atoms with Crippen molar-refractivity contribution in [3.05, 3.63) is 18.2 Å². The summed E-state index contributed by atoms with van der Waals surface area (Å²) in [7, 11) is -3.62. The topological polar surface area (TPSA) is 81.2 Å². The summed E-state index contributed by atoms with van der Waals surface area (Å²) < 4.78 is 28.0. The summed E-state index contributed by atoms with van der Waals surface area (Å²) >= 11 is 0. The molecule has 0 radical (unpaired) electrons. The highest BCUT2D eigenvalue weighted by Gasteiger charge is 2.41. The number of anilines is 2. The van der Waals surface area contributed by atoms with Crippen molar-refractivity contribution < 1.29 is 18.0 Å². The van der Waals surface area contributed by atoms with Gasteiger partial charge >= 0.3 is 0 Å². The van der Waals surface area contributed by atoms with Gasteiger partial charge in [-0.25, -0.2) is 8.42 Å². The first-order valence-electron chi connectivity index (χ1n) is 12.4. The van der Waals surface area contributed by atoms with Gasteiger partial charge in [0.05, 0.1) is 16.3 Å². The third-order valence-corrected chi connectivity index (χ3v) is 9.63. The first-order valence-corrected chi connectivity index (χ1v) is 13.8. The molecule has 1 aromatic rings. The third kappa shape index (κ3) is 4.14. The van der Waals surface area contributed by atoms with E-state index in [0.717, 1.165) is 57.2 Å². The fourth-order valence-corrected chi connectivity index (χ4v) is 7.17. The minimum absolute atomic E-state index is 0.0300. The van der Waals surface area contributed by atoms with Gasteiger partial charge in [0.1, 0.15) is 12.6 Å². The van der Waals surface area contributed by atoms with Gasteiger partial charge in [0.15, 0.2) is 0 Å². The second-order valence-electron chi connectivity index (χ2n) is 9.95. The Hall–Kier alpha value is -2.13. The number of sulfonamides is 1. The van der Waals surface area contributed by atoms with Gasteiger partial charge in [0, 0.05) is 32.7 Å². The van der Waals surface area contributed by atoms with Gasteiger partial charge in [0.2, 0.25) is 21.8 Å². The molecule has 9 heteroatoms. The summed E-state index contributed by atoms with van der Waals surface area (Å²) in [6.07, 6.45) is 6.44. The molecule has 0 aliphatic carbocycles. The lowest BCUT2D eigenvalue weighted by molar-refractivity contribution is -0.133. The molecular formula is C24H34N4O4S. The van der Waals surface area contributed by atoms with Crippen LogP contribution in [-0.4, -0.2) is 74.7 Å². The van der Waals surface area contributed by atoms with Crippen LogP contribution in [0.2, 0.25) is 0 Å². The molecule has 0 saturated carbocycles. The second-order valence-corrected chi connectivity index (χ2v) is 11.9. The molecule has 33 heavy (non-hydrogen) atoms. The Kier molecular flexibility index (Phi) is 6.11. The van der Waals surface area contributed by atoms with Crippen LogP contribution in [0.4, 0.5) is 11.4 Å². The molecule has 0 bridgehead atoms. The molecule has 4 heterocycles. The normalized spacial score (nSPS) is 24.7. The number of piperidine rings is 2. The minimum atomic E-state index is -3.62. The summed E-state index contributed by atoms with van der Waals surface area (Å²) in [5.74, 6) is 0.468. The maximum absolute atomic E-state index is 13.6. The lowest BCUT2D eigenvalue weighted by atomic mass is 9.96. The Morgan fingerprint density at radius 2 is 1.64 bits per heavy atom. The van der Waals surface area contributed by atoms with E-state index in [1.54, 1.807) is 17.0 Å². The van der Waals surface area contributed by atoms with Crippen molar-refractivity contribution in [2.75, 3.05) is 49.1 Å². The van der Waals surface area contributed by atoms with Crippen molar-refractivity contribution in [1.82, 2.24) is 9.21 Å². The molecule has 3 fully saturated rings. The highest BCUT2D eigenvalue weighted by molar-refractivity contribution is 7.89. The molecule has 0 spiro atoms. The van der Waals surface area contributed by atoms with Crippen LogP contribution in [-0.2, 0) is 19.6 Å². The average Bonchev–Trinajstić information content (AvgIpc) is 3.38. The zero-order chi connectivity index (χ0) is 23.2. The average molecular weight is 475 g/mol. The molecule has 2 amide bonds. The highest BCUT2D eigenvalue weighted by Crippen LogP contribution is 2.41. The zero-order valence-electron chi connectivity index (χ0n) is 19.4. The van der Waals surface area contributed by atoms with E-state index in [2.05, 4.69) is 11.8 Å². The fourth-order valence-electron chi connectivity index (χ4n) is 5.63. The van der Waals surface area contributed by atoms with E-state index in [0.29, 0.717) is 37.8 Å². The summed E-state index contributed by atoms with van der Waals surface area (Å²) in [6.45, 7) is 5.43. The van der Waals surface area contributed by atoms with E-state index in [1.165, 1.54) is 4.31 Å². The number of rotatable bonds is 4. The van der Waals surface area contributed by atoms with Gasteiger partial charge in [-0.05, 0) is 69.1 Å². The number of hydrogen-bond acceptors (Lipinski definition) is 5. The van der Waals surface area contributed by atoms with Crippen LogP contribution in [0.5, 0.6) is 0 Å². The number of nitrogens with zero attached hydrogens (tertiary/aromatic N) is 4. The van der Waals surface area contributed by atoms with Gasteiger partial charge in [-0.2, -0.15) is 4.31 Å². The Labute approximate surface area is 196 Å². The van der Waals surface area contributed by atoms with E-state index in [1.807, 2.05) is 11.0 Å². The van der Waals surface area contributed by atoms with Crippen molar-refractivity contribution in [1.29, 1.82) is 0 Å². The summed E-state index contributed by atoms with van der Waals surface area (Å²) in [5, 5.41) is 0. The first-order chi connectivity index (χ1) is 15.9. The molecule has 0 N–H and O–H groups in total. The number of hydrogen-bond donors (Lipinski definition) is 0. The van der Waals surface area contributed by atoms with Crippen molar-refractivity contribution in [3.8, 4) is 0 Å². The van der Waals surface area contributed by atoms with E-state index in [9.17, 15) is 18.0 Å². The van der Waals surface area contributed by atoms with E-state index < -0.39 is 10.0 Å². The number of likely N-dealkylation sites (tertiary alicyclic amines) is 1. The molecule has 3 saturated heterocycles. The van der Waals surface area contributed by atoms with Crippen molar-refractivity contribution in [2.24, 2.45) is 5.92 Å². The lowest BCUT2D eigenvalue weighted by Gasteiger charge is -2.45. The minimum Gasteiger partial charge on any atom is -0.358 e. The second kappa shape index (κ2) is 8.91. The van der Waals surface area contributed by atoms with Crippen LogP contribution in [0, 0.1) is 5.92 Å². The van der Waals surface area contributed by atoms with E-state index in [-0.39, 0.29) is 29.3 Å². The van der Waals surface area contributed by atoms with Crippen molar-refractivity contribution >= 4 is 33.2 Å². The fraction of sp³-hybridized carbons (Fsp3) is 0.667. The van der Waals surface area contributed by atoms with Crippen LogP contribution < -0.4 is 9.80 Å². The quantitative estimate of drug-likeness (QED) is 0.670. The molecule has 1 aromatic carbocycles. The highest BCUT2D eigenvalue weighted by atomic mass is 32.2. The number of carbonyl (C=O) groups is 2. The number of benzene rings is 1. The van der Waals surface area contributed by atoms with Crippen molar-refractivity contribution in [2.45, 2.75) is 62.8 Å². The third-order valence-electron chi connectivity index (χ3n) is 7.73. The van der Waals surface area contributed by atoms with Crippen LogP contribution in [0.3, 0.4) is 0 Å². The van der Waals surface area contributed by atoms with Crippen LogP contribution in [0.15, 0.2) is 23.1 Å².